The average Bonchev–Trinajstić information content (AvgIpc) is 2.70. The fourth-order valence-electron chi connectivity index (χ4n) is 1.59. The summed E-state index contributed by atoms with van der Waals surface area (Å²) in [4.78, 5) is 4.37. The van der Waals surface area contributed by atoms with E-state index in [0.29, 0.717) is 0 Å². The summed E-state index contributed by atoms with van der Waals surface area (Å²) in [5.74, 6) is 1.10. The molecule has 1 aromatic carbocycles. The zero-order valence-corrected chi connectivity index (χ0v) is 10.9. The SMILES string of the molecule is CC(C)(C)c1ccc(NC2=NCCS2)cc1. The van der Waals surface area contributed by atoms with Crippen LogP contribution in [0.3, 0.4) is 0 Å². The van der Waals surface area contributed by atoms with Gasteiger partial charge in [-0.05, 0) is 23.1 Å². The van der Waals surface area contributed by atoms with E-state index in [4.69, 9.17) is 0 Å². The fourth-order valence-corrected chi connectivity index (χ4v) is 2.34. The minimum absolute atomic E-state index is 0.220. The summed E-state index contributed by atoms with van der Waals surface area (Å²) in [6.45, 7) is 7.62. The summed E-state index contributed by atoms with van der Waals surface area (Å²) in [5, 5.41) is 4.38. The minimum Gasteiger partial charge on any atom is -0.335 e. The molecule has 0 radical (unpaired) electrons. The highest BCUT2D eigenvalue weighted by molar-refractivity contribution is 8.14. The number of benzene rings is 1. The minimum atomic E-state index is 0.220. The first-order valence-electron chi connectivity index (χ1n) is 5.60. The monoisotopic (exact) mass is 234 g/mol. The van der Waals surface area contributed by atoms with Crippen molar-refractivity contribution < 1.29 is 0 Å². The van der Waals surface area contributed by atoms with Gasteiger partial charge in [-0.15, -0.1) is 0 Å². The maximum Gasteiger partial charge on any atom is 0.161 e. The maximum absolute atomic E-state index is 4.37. The molecule has 0 saturated carbocycles. The Morgan fingerprint density at radius 3 is 2.38 bits per heavy atom. The molecule has 0 saturated heterocycles. The van der Waals surface area contributed by atoms with Crippen LogP contribution < -0.4 is 5.32 Å². The van der Waals surface area contributed by atoms with Gasteiger partial charge in [0, 0.05) is 11.4 Å². The number of thioether (sulfide) groups is 1. The molecule has 0 aliphatic carbocycles. The highest BCUT2D eigenvalue weighted by Crippen LogP contribution is 2.24. The smallest absolute Gasteiger partial charge is 0.161 e. The van der Waals surface area contributed by atoms with Gasteiger partial charge < -0.3 is 5.32 Å². The van der Waals surface area contributed by atoms with Crippen LogP contribution in [0, 0.1) is 0 Å². The molecule has 0 spiro atoms. The third-order valence-corrected chi connectivity index (χ3v) is 3.48. The lowest BCUT2D eigenvalue weighted by atomic mass is 9.87. The van der Waals surface area contributed by atoms with Crippen molar-refractivity contribution in [2.75, 3.05) is 17.6 Å². The number of anilines is 1. The van der Waals surface area contributed by atoms with Crippen molar-refractivity contribution in [3.63, 3.8) is 0 Å². The fraction of sp³-hybridized carbons (Fsp3) is 0.462. The molecule has 16 heavy (non-hydrogen) atoms. The second-order valence-corrected chi connectivity index (χ2v) is 6.07. The average molecular weight is 234 g/mol. The summed E-state index contributed by atoms with van der Waals surface area (Å²) in [5.41, 5.74) is 2.71. The van der Waals surface area contributed by atoms with Gasteiger partial charge in [-0.2, -0.15) is 0 Å². The molecule has 1 aromatic rings. The van der Waals surface area contributed by atoms with E-state index in [-0.39, 0.29) is 5.41 Å². The molecule has 1 N–H and O–H groups in total. The molecular weight excluding hydrogens is 216 g/mol. The summed E-state index contributed by atoms with van der Waals surface area (Å²) >= 11 is 1.79. The summed E-state index contributed by atoms with van der Waals surface area (Å²) in [7, 11) is 0. The van der Waals surface area contributed by atoms with Gasteiger partial charge in [0.05, 0.1) is 6.54 Å². The number of hydrogen-bond acceptors (Lipinski definition) is 3. The number of nitrogens with zero attached hydrogens (tertiary/aromatic N) is 1. The predicted octanol–water partition coefficient (Wildman–Crippen LogP) is 3.50. The molecule has 0 unspecified atom stereocenters. The van der Waals surface area contributed by atoms with Crippen molar-refractivity contribution in [2.24, 2.45) is 4.99 Å². The topological polar surface area (TPSA) is 24.4 Å². The van der Waals surface area contributed by atoms with Crippen molar-refractivity contribution in [1.82, 2.24) is 0 Å². The van der Waals surface area contributed by atoms with Gasteiger partial charge >= 0.3 is 0 Å². The van der Waals surface area contributed by atoms with E-state index < -0.39 is 0 Å². The van der Waals surface area contributed by atoms with Crippen LogP contribution in [0.15, 0.2) is 29.3 Å². The Balaban J connectivity index is 2.07. The van der Waals surface area contributed by atoms with Crippen LogP contribution in [0.2, 0.25) is 0 Å². The summed E-state index contributed by atoms with van der Waals surface area (Å²) < 4.78 is 0. The third-order valence-electron chi connectivity index (χ3n) is 2.59. The Bertz CT molecular complexity index is 387. The highest BCUT2D eigenvalue weighted by atomic mass is 32.2. The van der Waals surface area contributed by atoms with Crippen molar-refractivity contribution in [1.29, 1.82) is 0 Å². The quantitative estimate of drug-likeness (QED) is 0.804. The normalized spacial score (nSPS) is 16.1. The molecule has 86 valence electrons. The third kappa shape index (κ3) is 2.79. The molecule has 2 nitrogen and oxygen atoms in total. The van der Waals surface area contributed by atoms with E-state index in [0.717, 1.165) is 23.2 Å². The molecule has 1 heterocycles. The van der Waals surface area contributed by atoms with E-state index in [9.17, 15) is 0 Å². The number of amidine groups is 1. The van der Waals surface area contributed by atoms with Gasteiger partial charge in [0.2, 0.25) is 0 Å². The highest BCUT2D eigenvalue weighted by Gasteiger charge is 2.13. The van der Waals surface area contributed by atoms with Gasteiger partial charge in [-0.25, -0.2) is 0 Å². The summed E-state index contributed by atoms with van der Waals surface area (Å²) in [6.07, 6.45) is 0. The zero-order chi connectivity index (χ0) is 11.6. The number of hydrogen-bond donors (Lipinski definition) is 1. The first kappa shape index (κ1) is 11.5. The molecule has 1 aliphatic heterocycles. The molecule has 1 aliphatic rings. The van der Waals surface area contributed by atoms with Crippen LogP contribution in [0.25, 0.3) is 0 Å². The van der Waals surface area contributed by atoms with Gasteiger partial charge in [0.1, 0.15) is 0 Å². The van der Waals surface area contributed by atoms with Gasteiger partial charge in [0.15, 0.2) is 5.17 Å². The van der Waals surface area contributed by atoms with E-state index in [1.165, 1.54) is 5.56 Å². The maximum atomic E-state index is 4.37. The van der Waals surface area contributed by atoms with Crippen molar-refractivity contribution in [3.05, 3.63) is 29.8 Å². The van der Waals surface area contributed by atoms with Crippen LogP contribution >= 0.6 is 11.8 Å². The van der Waals surface area contributed by atoms with Crippen LogP contribution in [-0.2, 0) is 5.41 Å². The van der Waals surface area contributed by atoms with E-state index in [1.54, 1.807) is 11.8 Å². The first-order chi connectivity index (χ1) is 7.55. The van der Waals surface area contributed by atoms with Gasteiger partial charge in [0.25, 0.3) is 0 Å². The Labute approximate surface area is 102 Å². The van der Waals surface area contributed by atoms with Crippen molar-refractivity contribution in [3.8, 4) is 0 Å². The molecule has 0 bridgehead atoms. The molecule has 0 aromatic heterocycles. The second-order valence-electron chi connectivity index (χ2n) is 4.99. The molecule has 2 rings (SSSR count). The lowest BCUT2D eigenvalue weighted by molar-refractivity contribution is 0.590. The standard InChI is InChI=1S/C13H18N2S/c1-13(2,3)10-4-6-11(7-5-10)15-12-14-8-9-16-12/h4-7H,8-9H2,1-3H3,(H,14,15). The first-order valence-corrected chi connectivity index (χ1v) is 6.59. The molecule has 0 atom stereocenters. The predicted molar refractivity (Wildman–Crippen MR) is 73.5 cm³/mol. The molecule has 0 amide bonds. The lowest BCUT2D eigenvalue weighted by Gasteiger charge is -2.19. The van der Waals surface area contributed by atoms with Crippen molar-refractivity contribution in [2.45, 2.75) is 26.2 Å². The molecule has 3 heteroatoms. The lowest BCUT2D eigenvalue weighted by Crippen LogP contribution is -2.11. The van der Waals surface area contributed by atoms with Crippen LogP contribution in [0.1, 0.15) is 26.3 Å². The van der Waals surface area contributed by atoms with Gasteiger partial charge in [-0.1, -0.05) is 44.7 Å². The summed E-state index contributed by atoms with van der Waals surface area (Å²) in [6, 6.07) is 8.62. The number of rotatable bonds is 1. The van der Waals surface area contributed by atoms with E-state index in [2.05, 4.69) is 55.3 Å². The van der Waals surface area contributed by atoms with Crippen LogP contribution in [-0.4, -0.2) is 17.5 Å². The Morgan fingerprint density at radius 2 is 1.88 bits per heavy atom. The largest absolute Gasteiger partial charge is 0.335 e. The van der Waals surface area contributed by atoms with Crippen LogP contribution in [0.4, 0.5) is 5.69 Å². The van der Waals surface area contributed by atoms with Crippen LogP contribution in [0.5, 0.6) is 0 Å². The Kier molecular flexibility index (Phi) is 3.24. The second kappa shape index (κ2) is 4.50. The Morgan fingerprint density at radius 1 is 1.19 bits per heavy atom. The number of aliphatic imine (C=N–C) groups is 1. The zero-order valence-electron chi connectivity index (χ0n) is 10.1. The molecular formula is C13H18N2S. The molecule has 0 fully saturated rings. The van der Waals surface area contributed by atoms with Gasteiger partial charge in [-0.3, -0.25) is 4.99 Å². The number of nitrogens with one attached hydrogen (secondary N) is 1. The Hall–Kier alpha value is -0.960. The van der Waals surface area contributed by atoms with E-state index >= 15 is 0 Å². The van der Waals surface area contributed by atoms with Crippen molar-refractivity contribution >= 4 is 22.6 Å². The van der Waals surface area contributed by atoms with E-state index in [1.807, 2.05) is 0 Å².